The molecule has 4 heteroatoms. The third-order valence-electron chi connectivity index (χ3n) is 3.22. The molecule has 4 nitrogen and oxygen atoms in total. The highest BCUT2D eigenvalue weighted by atomic mass is 16.4. The maximum absolute atomic E-state index is 11.0. The van der Waals surface area contributed by atoms with Gasteiger partial charge in [0, 0.05) is 19.4 Å². The summed E-state index contributed by atoms with van der Waals surface area (Å²) < 4.78 is 0. The molecule has 84 valence electrons. The summed E-state index contributed by atoms with van der Waals surface area (Å²) in [7, 11) is 1.59. The topological polar surface area (TPSA) is 53.4 Å². The van der Waals surface area contributed by atoms with Crippen molar-refractivity contribution < 1.29 is 9.90 Å². The van der Waals surface area contributed by atoms with Gasteiger partial charge in [0.1, 0.15) is 0 Å². The largest absolute Gasteiger partial charge is 0.465 e. The smallest absolute Gasteiger partial charge is 0.407 e. The van der Waals surface area contributed by atoms with Gasteiger partial charge in [-0.05, 0) is 30.0 Å². The van der Waals surface area contributed by atoms with Crippen molar-refractivity contribution in [3.05, 3.63) is 36.7 Å². The van der Waals surface area contributed by atoms with Gasteiger partial charge in [-0.3, -0.25) is 4.98 Å². The number of likely N-dealkylation sites (N-methyl/N-ethyl adjacent to an activating group) is 1. The second-order valence-corrected chi connectivity index (χ2v) is 4.09. The van der Waals surface area contributed by atoms with Gasteiger partial charge >= 0.3 is 6.09 Å². The Bertz CT molecular complexity index is 424. The Kier molecular flexibility index (Phi) is 2.42. The Morgan fingerprint density at radius 1 is 1.62 bits per heavy atom. The van der Waals surface area contributed by atoms with Gasteiger partial charge in [-0.1, -0.05) is 12.6 Å². The predicted molar refractivity (Wildman–Crippen MR) is 61.0 cm³/mol. The molecular formula is C12H14N2O2. The predicted octanol–water partition coefficient (Wildman–Crippen LogP) is 2.24. The normalized spacial score (nSPS) is 16.6. The maximum atomic E-state index is 11.0. The zero-order chi connectivity index (χ0) is 11.8. The van der Waals surface area contributed by atoms with Crippen molar-refractivity contribution in [2.45, 2.75) is 18.4 Å². The van der Waals surface area contributed by atoms with E-state index in [0.29, 0.717) is 0 Å². The molecule has 1 aliphatic carbocycles. The second-order valence-electron chi connectivity index (χ2n) is 4.09. The van der Waals surface area contributed by atoms with Crippen LogP contribution >= 0.6 is 0 Å². The van der Waals surface area contributed by atoms with Crippen molar-refractivity contribution in [1.29, 1.82) is 0 Å². The molecule has 0 spiro atoms. The molecule has 1 N–H and O–H groups in total. The molecule has 1 aromatic heterocycles. The van der Waals surface area contributed by atoms with Gasteiger partial charge in [0.25, 0.3) is 0 Å². The number of amides is 1. The lowest BCUT2D eigenvalue weighted by molar-refractivity contribution is 0.144. The Morgan fingerprint density at radius 2 is 2.31 bits per heavy atom. The molecule has 1 aromatic rings. The average Bonchev–Trinajstić information content (AvgIpc) is 3.09. The van der Waals surface area contributed by atoms with Crippen LogP contribution in [-0.4, -0.2) is 33.7 Å². The first kappa shape index (κ1) is 10.7. The molecular weight excluding hydrogens is 204 g/mol. The van der Waals surface area contributed by atoms with Crippen LogP contribution < -0.4 is 0 Å². The van der Waals surface area contributed by atoms with Crippen molar-refractivity contribution in [2.24, 2.45) is 0 Å². The molecule has 16 heavy (non-hydrogen) atoms. The molecule has 1 aliphatic rings. The minimum absolute atomic E-state index is 0.408. The van der Waals surface area contributed by atoms with Crippen LogP contribution in [0.15, 0.2) is 31.1 Å². The van der Waals surface area contributed by atoms with E-state index >= 15 is 0 Å². The Hall–Kier alpha value is -1.84. The number of carbonyl (C=O) groups is 1. The summed E-state index contributed by atoms with van der Waals surface area (Å²) >= 11 is 0. The number of hydrogen-bond donors (Lipinski definition) is 1. The second kappa shape index (κ2) is 3.63. The number of rotatable bonds is 3. The molecule has 0 aromatic carbocycles. The Balaban J connectivity index is 2.26. The van der Waals surface area contributed by atoms with Gasteiger partial charge < -0.3 is 10.0 Å². The van der Waals surface area contributed by atoms with E-state index in [2.05, 4.69) is 11.6 Å². The van der Waals surface area contributed by atoms with Gasteiger partial charge in [-0.15, -0.1) is 0 Å². The third kappa shape index (κ3) is 1.56. The monoisotopic (exact) mass is 218 g/mol. The van der Waals surface area contributed by atoms with Crippen molar-refractivity contribution in [1.82, 2.24) is 9.88 Å². The highest BCUT2D eigenvalue weighted by Crippen LogP contribution is 2.50. The number of nitrogens with zero attached hydrogens (tertiary/aromatic N) is 2. The molecule has 0 radical (unpaired) electrons. The minimum Gasteiger partial charge on any atom is -0.465 e. The Labute approximate surface area is 94.2 Å². The van der Waals surface area contributed by atoms with Crippen LogP contribution in [0.3, 0.4) is 0 Å². The molecule has 1 saturated carbocycles. The van der Waals surface area contributed by atoms with Gasteiger partial charge in [0.05, 0.1) is 5.54 Å². The summed E-state index contributed by atoms with van der Waals surface area (Å²) in [5.74, 6) is 0. The van der Waals surface area contributed by atoms with Crippen LogP contribution in [0.1, 0.15) is 18.4 Å². The molecule has 0 bridgehead atoms. The zero-order valence-corrected chi connectivity index (χ0v) is 9.18. The molecule has 1 heterocycles. The summed E-state index contributed by atoms with van der Waals surface area (Å²) in [5.41, 5.74) is 1.34. The molecule has 0 atom stereocenters. The fourth-order valence-electron chi connectivity index (χ4n) is 1.95. The van der Waals surface area contributed by atoms with Crippen LogP contribution in [0.4, 0.5) is 4.79 Å². The molecule has 2 rings (SSSR count). The molecule has 0 unspecified atom stereocenters. The van der Waals surface area contributed by atoms with Crippen LogP contribution in [-0.2, 0) is 0 Å². The van der Waals surface area contributed by atoms with Gasteiger partial charge in [0.2, 0.25) is 0 Å². The summed E-state index contributed by atoms with van der Waals surface area (Å²) in [6.07, 6.45) is 4.17. The van der Waals surface area contributed by atoms with Gasteiger partial charge in [0.15, 0.2) is 0 Å². The van der Waals surface area contributed by atoms with Gasteiger partial charge in [-0.2, -0.15) is 0 Å². The number of hydrogen-bond acceptors (Lipinski definition) is 2. The van der Waals surface area contributed by atoms with Gasteiger partial charge in [-0.25, -0.2) is 4.79 Å². The number of aromatic nitrogens is 1. The van der Waals surface area contributed by atoms with E-state index in [4.69, 9.17) is 5.11 Å². The fraction of sp³-hybridized carbons (Fsp3) is 0.333. The number of carboxylic acid groups (broad SMARTS) is 1. The van der Waals surface area contributed by atoms with E-state index < -0.39 is 11.6 Å². The minimum atomic E-state index is -0.914. The van der Waals surface area contributed by atoms with E-state index in [9.17, 15) is 4.79 Å². The van der Waals surface area contributed by atoms with Crippen molar-refractivity contribution in [3.8, 4) is 0 Å². The highest BCUT2D eigenvalue weighted by molar-refractivity contribution is 5.79. The van der Waals surface area contributed by atoms with Crippen molar-refractivity contribution in [2.75, 3.05) is 7.05 Å². The van der Waals surface area contributed by atoms with E-state index in [-0.39, 0.29) is 0 Å². The zero-order valence-electron chi connectivity index (χ0n) is 9.18. The standard InChI is InChI=1S/C12H14N2O2/c1-9(10-4-3-7-13-8-10)12(5-6-12)14(2)11(15)16/h3-4,7-8H,1,5-6H2,2H3,(H,15,16). The third-order valence-corrected chi connectivity index (χ3v) is 3.22. The SMILES string of the molecule is C=C(c1cccnc1)C1(N(C)C(=O)O)CC1. The lowest BCUT2D eigenvalue weighted by Crippen LogP contribution is -2.38. The average molecular weight is 218 g/mol. The number of pyridine rings is 1. The van der Waals surface area contributed by atoms with E-state index in [1.165, 1.54) is 4.90 Å². The van der Waals surface area contributed by atoms with E-state index in [0.717, 1.165) is 24.0 Å². The van der Waals surface area contributed by atoms with Crippen LogP contribution in [0.2, 0.25) is 0 Å². The summed E-state index contributed by atoms with van der Waals surface area (Å²) in [5, 5.41) is 9.02. The van der Waals surface area contributed by atoms with Crippen LogP contribution in [0.25, 0.3) is 5.57 Å². The summed E-state index contributed by atoms with van der Waals surface area (Å²) in [4.78, 5) is 16.4. The Morgan fingerprint density at radius 3 is 2.75 bits per heavy atom. The molecule has 1 fully saturated rings. The summed E-state index contributed by atoms with van der Waals surface area (Å²) in [6, 6.07) is 3.74. The molecule has 0 aliphatic heterocycles. The first-order valence-corrected chi connectivity index (χ1v) is 5.14. The van der Waals surface area contributed by atoms with Crippen molar-refractivity contribution in [3.63, 3.8) is 0 Å². The van der Waals surface area contributed by atoms with Crippen LogP contribution in [0, 0.1) is 0 Å². The van der Waals surface area contributed by atoms with Crippen molar-refractivity contribution >= 4 is 11.7 Å². The quantitative estimate of drug-likeness (QED) is 0.846. The first-order valence-electron chi connectivity index (χ1n) is 5.14. The highest BCUT2D eigenvalue weighted by Gasteiger charge is 2.51. The van der Waals surface area contributed by atoms with Crippen LogP contribution in [0.5, 0.6) is 0 Å². The summed E-state index contributed by atoms with van der Waals surface area (Å²) in [6.45, 7) is 4.02. The molecule has 0 saturated heterocycles. The lowest BCUT2D eigenvalue weighted by Gasteiger charge is -2.27. The lowest BCUT2D eigenvalue weighted by atomic mass is 9.99. The fourth-order valence-corrected chi connectivity index (χ4v) is 1.95. The molecule has 1 amide bonds. The van der Waals surface area contributed by atoms with E-state index in [1.54, 1.807) is 19.4 Å². The van der Waals surface area contributed by atoms with E-state index in [1.807, 2.05) is 12.1 Å². The first-order chi connectivity index (χ1) is 7.58. The maximum Gasteiger partial charge on any atom is 0.407 e.